The summed E-state index contributed by atoms with van der Waals surface area (Å²) in [7, 11) is 0. The molecule has 3 amide bonds. The van der Waals surface area contributed by atoms with Crippen LogP contribution in [-0.2, 0) is 33.6 Å². The molecule has 0 aliphatic heterocycles. The molecule has 0 radical (unpaired) electrons. The lowest BCUT2D eigenvalue weighted by atomic mass is 9.89. The van der Waals surface area contributed by atoms with Crippen molar-refractivity contribution in [3.05, 3.63) is 108 Å². The minimum absolute atomic E-state index is 0.0664. The van der Waals surface area contributed by atoms with E-state index in [2.05, 4.69) is 10.6 Å². The summed E-state index contributed by atoms with van der Waals surface area (Å²) in [5.41, 5.74) is 15.1. The van der Waals surface area contributed by atoms with Crippen LogP contribution in [0.15, 0.2) is 91.0 Å². The second-order valence-corrected chi connectivity index (χ2v) is 11.4. The molecule has 5 atom stereocenters. The van der Waals surface area contributed by atoms with Gasteiger partial charge in [-0.15, -0.1) is 0 Å². The second-order valence-electron chi connectivity index (χ2n) is 11.4. The molecule has 0 aliphatic carbocycles. The molecule has 0 aliphatic rings. The van der Waals surface area contributed by atoms with Crippen LogP contribution in [0.1, 0.15) is 43.4 Å². The first-order chi connectivity index (χ1) is 20.1. The Hall–Kier alpha value is -3.85. The lowest BCUT2D eigenvalue weighted by Gasteiger charge is -2.25. The molecule has 3 aromatic rings. The summed E-state index contributed by atoms with van der Waals surface area (Å²) in [4.78, 5) is 39.9. The van der Waals surface area contributed by atoms with Crippen LogP contribution in [0.25, 0.3) is 0 Å². The maximum absolute atomic E-state index is 13.6. The van der Waals surface area contributed by atoms with Gasteiger partial charge in [-0.05, 0) is 48.3 Å². The first kappa shape index (κ1) is 32.7. The standard InChI is InChI=1S/C34H44N4O4/c1-23(2)18-29(36)33(41)37-30(21-26-16-10-5-11-17-26)34(42)38-32(40)27(19-24-12-6-3-7-13-24)22-31(39)28(35)20-25-14-8-4-9-15-25/h3-17,23,27-31,39H,18-22,35-36H2,1-2H3,(H,37,41)(H,38,40,42)/t27-,28+,29?,30?,31+/m1/s1. The number of aliphatic hydroxyl groups excluding tert-OH is 1. The van der Waals surface area contributed by atoms with E-state index in [0.29, 0.717) is 19.3 Å². The van der Waals surface area contributed by atoms with Gasteiger partial charge in [-0.25, -0.2) is 0 Å². The summed E-state index contributed by atoms with van der Waals surface area (Å²) >= 11 is 0. The van der Waals surface area contributed by atoms with Gasteiger partial charge < -0.3 is 21.9 Å². The van der Waals surface area contributed by atoms with Crippen LogP contribution in [-0.4, -0.2) is 47.1 Å². The number of benzene rings is 3. The van der Waals surface area contributed by atoms with Crippen LogP contribution >= 0.6 is 0 Å². The fourth-order valence-electron chi connectivity index (χ4n) is 4.93. The predicted molar refractivity (Wildman–Crippen MR) is 165 cm³/mol. The molecule has 0 bridgehead atoms. The minimum atomic E-state index is -1.01. The number of aliphatic hydroxyl groups is 1. The SMILES string of the molecule is CC(C)CC(N)C(=O)NC(Cc1ccccc1)C(=O)NC(=O)[C@H](Cc1ccccc1)C[C@H](O)[C@@H](N)Cc1ccccc1. The van der Waals surface area contributed by atoms with E-state index in [1.54, 1.807) is 0 Å². The fourth-order valence-corrected chi connectivity index (χ4v) is 4.93. The van der Waals surface area contributed by atoms with Crippen LogP contribution in [0, 0.1) is 11.8 Å². The lowest BCUT2D eigenvalue weighted by Crippen LogP contribution is -2.54. The smallest absolute Gasteiger partial charge is 0.249 e. The lowest BCUT2D eigenvalue weighted by molar-refractivity contribution is -0.136. The van der Waals surface area contributed by atoms with Gasteiger partial charge in [0.25, 0.3) is 0 Å². The number of carbonyl (C=O) groups excluding carboxylic acids is 3. The van der Waals surface area contributed by atoms with Crippen LogP contribution in [0.2, 0.25) is 0 Å². The minimum Gasteiger partial charge on any atom is -0.391 e. The van der Waals surface area contributed by atoms with Crippen LogP contribution in [0.3, 0.4) is 0 Å². The normalized spacial score (nSPS) is 14.8. The third-order valence-corrected chi connectivity index (χ3v) is 7.25. The zero-order chi connectivity index (χ0) is 30.5. The van der Waals surface area contributed by atoms with Crippen molar-refractivity contribution in [2.24, 2.45) is 23.3 Å². The summed E-state index contributed by atoms with van der Waals surface area (Å²) in [5.74, 6) is -2.14. The van der Waals surface area contributed by atoms with Crippen molar-refractivity contribution < 1.29 is 19.5 Å². The Balaban J connectivity index is 1.75. The molecule has 2 unspecified atom stereocenters. The Morgan fingerprint density at radius 1 is 0.667 bits per heavy atom. The Morgan fingerprint density at radius 3 is 1.64 bits per heavy atom. The van der Waals surface area contributed by atoms with Crippen molar-refractivity contribution in [2.45, 2.75) is 70.2 Å². The Morgan fingerprint density at radius 2 is 1.14 bits per heavy atom. The van der Waals surface area contributed by atoms with Gasteiger partial charge in [-0.1, -0.05) is 105 Å². The van der Waals surface area contributed by atoms with Gasteiger partial charge in [-0.3, -0.25) is 19.7 Å². The number of amides is 3. The number of carbonyl (C=O) groups is 3. The Labute approximate surface area is 248 Å². The average Bonchev–Trinajstić information content (AvgIpc) is 2.97. The van der Waals surface area contributed by atoms with E-state index in [1.165, 1.54) is 0 Å². The van der Waals surface area contributed by atoms with Gasteiger partial charge >= 0.3 is 0 Å². The summed E-state index contributed by atoms with van der Waals surface area (Å²) in [6.45, 7) is 3.93. The van der Waals surface area contributed by atoms with Crippen molar-refractivity contribution >= 4 is 17.7 Å². The van der Waals surface area contributed by atoms with Gasteiger partial charge in [0.05, 0.1) is 12.1 Å². The van der Waals surface area contributed by atoms with Gasteiger partial charge in [0, 0.05) is 18.4 Å². The van der Waals surface area contributed by atoms with Crippen LogP contribution < -0.4 is 22.1 Å². The van der Waals surface area contributed by atoms with E-state index in [1.807, 2.05) is 105 Å². The van der Waals surface area contributed by atoms with Crippen LogP contribution in [0.4, 0.5) is 0 Å². The Bertz CT molecular complexity index is 1250. The molecule has 0 aromatic heterocycles. The highest BCUT2D eigenvalue weighted by atomic mass is 16.3. The van der Waals surface area contributed by atoms with Gasteiger partial charge in [0.15, 0.2) is 0 Å². The van der Waals surface area contributed by atoms with E-state index >= 15 is 0 Å². The number of nitrogens with one attached hydrogen (secondary N) is 2. The number of hydrogen-bond acceptors (Lipinski definition) is 6. The second kappa shape index (κ2) is 16.6. The number of hydrogen-bond donors (Lipinski definition) is 5. The Kier molecular flexibility index (Phi) is 12.9. The van der Waals surface area contributed by atoms with E-state index in [-0.39, 0.29) is 18.8 Å². The quantitative estimate of drug-likeness (QED) is 0.189. The third-order valence-electron chi connectivity index (χ3n) is 7.25. The van der Waals surface area contributed by atoms with Gasteiger partial charge in [0.1, 0.15) is 6.04 Å². The average molecular weight is 573 g/mol. The molecule has 0 saturated carbocycles. The van der Waals surface area contributed by atoms with Crippen molar-refractivity contribution in [2.75, 3.05) is 0 Å². The molecule has 8 nitrogen and oxygen atoms in total. The first-order valence-corrected chi connectivity index (χ1v) is 14.6. The van der Waals surface area contributed by atoms with Crippen molar-refractivity contribution in [3.8, 4) is 0 Å². The van der Waals surface area contributed by atoms with E-state index in [4.69, 9.17) is 11.5 Å². The molecular weight excluding hydrogens is 528 g/mol. The summed E-state index contributed by atoms with van der Waals surface area (Å²) in [6, 6.07) is 25.9. The zero-order valence-electron chi connectivity index (χ0n) is 24.5. The number of rotatable bonds is 15. The van der Waals surface area contributed by atoms with E-state index < -0.39 is 47.9 Å². The maximum atomic E-state index is 13.6. The highest BCUT2D eigenvalue weighted by Gasteiger charge is 2.30. The molecular formula is C34H44N4O4. The van der Waals surface area contributed by atoms with E-state index in [0.717, 1.165) is 16.7 Å². The molecule has 7 N–H and O–H groups in total. The van der Waals surface area contributed by atoms with Crippen molar-refractivity contribution in [1.82, 2.24) is 10.6 Å². The molecule has 224 valence electrons. The zero-order valence-corrected chi connectivity index (χ0v) is 24.5. The molecule has 3 rings (SSSR count). The molecule has 0 fully saturated rings. The topological polar surface area (TPSA) is 148 Å². The van der Waals surface area contributed by atoms with Crippen LogP contribution in [0.5, 0.6) is 0 Å². The highest BCUT2D eigenvalue weighted by Crippen LogP contribution is 2.18. The molecule has 0 spiro atoms. The molecule has 0 heterocycles. The fraction of sp³-hybridized carbons (Fsp3) is 0.382. The van der Waals surface area contributed by atoms with Gasteiger partial charge in [0.2, 0.25) is 17.7 Å². The molecule has 3 aromatic carbocycles. The number of nitrogens with two attached hydrogens (primary N) is 2. The number of imide groups is 1. The van der Waals surface area contributed by atoms with Crippen molar-refractivity contribution in [3.63, 3.8) is 0 Å². The summed E-state index contributed by atoms with van der Waals surface area (Å²) < 4.78 is 0. The van der Waals surface area contributed by atoms with Gasteiger partial charge in [-0.2, -0.15) is 0 Å². The first-order valence-electron chi connectivity index (χ1n) is 14.6. The molecule has 8 heteroatoms. The monoisotopic (exact) mass is 572 g/mol. The van der Waals surface area contributed by atoms with E-state index in [9.17, 15) is 19.5 Å². The van der Waals surface area contributed by atoms with Crippen molar-refractivity contribution in [1.29, 1.82) is 0 Å². The summed E-state index contributed by atoms with van der Waals surface area (Å²) in [5, 5.41) is 16.3. The highest BCUT2D eigenvalue weighted by molar-refractivity contribution is 6.00. The molecule has 42 heavy (non-hydrogen) atoms. The predicted octanol–water partition coefficient (Wildman–Crippen LogP) is 2.91. The maximum Gasteiger partial charge on any atom is 0.249 e. The third kappa shape index (κ3) is 10.9. The largest absolute Gasteiger partial charge is 0.391 e. The molecule has 0 saturated heterocycles. The summed E-state index contributed by atoms with van der Waals surface area (Å²) in [6.07, 6.45) is 0.496.